The lowest BCUT2D eigenvalue weighted by Gasteiger charge is -2.44. The molecule has 2 unspecified atom stereocenters. The van der Waals surface area contributed by atoms with Crippen LogP contribution in [0.15, 0.2) is 100 Å². The van der Waals surface area contributed by atoms with Crippen molar-refractivity contribution < 1.29 is 43.6 Å². The Morgan fingerprint density at radius 2 is 1.47 bits per heavy atom. The van der Waals surface area contributed by atoms with Gasteiger partial charge in [-0.15, -0.1) is 5.73 Å². The molecular formula is C48H66O9. The number of fused-ring (bicyclic) bond motifs is 1. The Balaban J connectivity index is 1.68. The van der Waals surface area contributed by atoms with Gasteiger partial charge in [-0.25, -0.2) is 0 Å². The first kappa shape index (κ1) is 47.2. The number of carbonyl (C=O) groups is 4. The molecule has 5 atom stereocenters. The number of allylic oxidation sites excluding steroid dienone is 13. The van der Waals surface area contributed by atoms with E-state index in [1.165, 1.54) is 6.92 Å². The zero-order chi connectivity index (χ0) is 42.8. The topological polar surface area (TPSA) is 140 Å². The molecule has 312 valence electrons. The molecule has 3 rings (SSSR count). The van der Waals surface area contributed by atoms with Gasteiger partial charge in [-0.3, -0.25) is 19.2 Å². The fourth-order valence-electron chi connectivity index (χ4n) is 8.26. The van der Waals surface area contributed by atoms with Gasteiger partial charge in [0, 0.05) is 37.2 Å². The van der Waals surface area contributed by atoms with Crippen molar-refractivity contribution in [2.45, 2.75) is 157 Å². The number of aliphatic hydroxyl groups excluding tert-OH is 1. The first-order valence-electron chi connectivity index (χ1n) is 20.2. The van der Waals surface area contributed by atoms with E-state index < -0.39 is 39.8 Å². The van der Waals surface area contributed by atoms with Crippen molar-refractivity contribution in [2.75, 3.05) is 6.61 Å². The molecular weight excluding hydrogens is 721 g/mol. The van der Waals surface area contributed by atoms with Crippen LogP contribution in [0.1, 0.15) is 128 Å². The average Bonchev–Trinajstić information content (AvgIpc) is 3.73. The second-order valence-corrected chi connectivity index (χ2v) is 17.6. The smallest absolute Gasteiger partial charge is 0.306 e. The van der Waals surface area contributed by atoms with Crippen molar-refractivity contribution in [1.82, 2.24) is 0 Å². The van der Waals surface area contributed by atoms with Crippen LogP contribution in [0.2, 0.25) is 0 Å². The molecule has 9 heteroatoms. The van der Waals surface area contributed by atoms with E-state index in [0.717, 1.165) is 30.4 Å². The van der Waals surface area contributed by atoms with E-state index in [4.69, 9.17) is 14.2 Å². The van der Waals surface area contributed by atoms with E-state index in [1.807, 2.05) is 96.2 Å². The Morgan fingerprint density at radius 3 is 2.05 bits per heavy atom. The highest BCUT2D eigenvalue weighted by Crippen LogP contribution is 2.65. The van der Waals surface area contributed by atoms with E-state index in [0.29, 0.717) is 29.6 Å². The Labute approximate surface area is 340 Å². The van der Waals surface area contributed by atoms with E-state index >= 15 is 0 Å². The molecule has 0 amide bonds. The molecule has 2 N–H and O–H groups in total. The number of carbonyl (C=O) groups excluding carboxylic acids is 4. The normalized spacial score (nSPS) is 29.1. The number of hydrogen-bond acceptors (Lipinski definition) is 9. The molecule has 3 aliphatic rings. The Morgan fingerprint density at radius 1 is 0.860 bits per heavy atom. The fraction of sp³-hybridized carbons (Fsp3) is 0.562. The number of ketones is 2. The Bertz CT molecular complexity index is 1800. The van der Waals surface area contributed by atoms with Gasteiger partial charge in [-0.2, -0.15) is 0 Å². The number of unbranched alkanes of at least 4 members (excludes halogenated alkanes) is 2. The number of rotatable bonds is 17. The van der Waals surface area contributed by atoms with Crippen molar-refractivity contribution in [3.63, 3.8) is 0 Å². The Kier molecular flexibility index (Phi) is 16.2. The number of ether oxygens (including phenoxy) is 3. The second kappa shape index (κ2) is 19.5. The first-order valence-corrected chi connectivity index (χ1v) is 20.2. The third-order valence-electron chi connectivity index (χ3n) is 11.4. The van der Waals surface area contributed by atoms with Crippen LogP contribution in [-0.4, -0.2) is 69.3 Å². The number of Topliss-reactive ketones (excluding diaryl/α,β-unsaturated/α-hetero) is 2. The fourth-order valence-corrected chi connectivity index (χ4v) is 8.26. The summed E-state index contributed by atoms with van der Waals surface area (Å²) >= 11 is 0. The monoisotopic (exact) mass is 786 g/mol. The summed E-state index contributed by atoms with van der Waals surface area (Å²) in [7, 11) is 0. The van der Waals surface area contributed by atoms with Gasteiger partial charge in [0.1, 0.15) is 24.4 Å². The van der Waals surface area contributed by atoms with Crippen LogP contribution in [-0.2, 0) is 33.4 Å². The lowest BCUT2D eigenvalue weighted by atomic mass is 9.61. The minimum absolute atomic E-state index is 0.0657. The zero-order valence-electron chi connectivity index (χ0n) is 36.1. The third-order valence-corrected chi connectivity index (χ3v) is 11.4. The molecule has 57 heavy (non-hydrogen) atoms. The Hall–Kier alpha value is -4.14. The largest absolute Gasteiger partial charge is 0.462 e. The summed E-state index contributed by atoms with van der Waals surface area (Å²) in [6.07, 6.45) is 23.6. The summed E-state index contributed by atoms with van der Waals surface area (Å²) < 4.78 is 17.0. The van der Waals surface area contributed by atoms with E-state index in [9.17, 15) is 29.4 Å². The van der Waals surface area contributed by atoms with Crippen molar-refractivity contribution in [2.24, 2.45) is 10.8 Å². The molecule has 9 nitrogen and oxygen atoms in total. The van der Waals surface area contributed by atoms with Gasteiger partial charge in [-0.1, -0.05) is 119 Å². The maximum atomic E-state index is 13.2. The van der Waals surface area contributed by atoms with Crippen molar-refractivity contribution >= 4 is 23.5 Å². The molecule has 0 spiro atoms. The van der Waals surface area contributed by atoms with E-state index in [1.54, 1.807) is 32.9 Å². The second-order valence-electron chi connectivity index (χ2n) is 17.6. The predicted octanol–water partition coefficient (Wildman–Crippen LogP) is 8.97. The van der Waals surface area contributed by atoms with Gasteiger partial charge in [-0.05, 0) is 76.5 Å². The quantitative estimate of drug-likeness (QED) is 0.0369. The van der Waals surface area contributed by atoms with Crippen LogP contribution in [0.25, 0.3) is 0 Å². The maximum Gasteiger partial charge on any atom is 0.306 e. The van der Waals surface area contributed by atoms with Gasteiger partial charge >= 0.3 is 11.9 Å². The highest BCUT2D eigenvalue weighted by molar-refractivity contribution is 6.01. The average molecular weight is 787 g/mol. The molecule has 0 bridgehead atoms. The minimum atomic E-state index is -1.24. The summed E-state index contributed by atoms with van der Waals surface area (Å²) in [6.45, 7) is 20.5. The van der Waals surface area contributed by atoms with Crippen molar-refractivity contribution in [3.8, 4) is 0 Å². The molecule has 1 aliphatic heterocycles. The molecule has 0 aromatic carbocycles. The van der Waals surface area contributed by atoms with Gasteiger partial charge in [0.2, 0.25) is 0 Å². The highest BCUT2D eigenvalue weighted by atomic mass is 16.6. The molecule has 0 aromatic rings. The van der Waals surface area contributed by atoms with Crippen LogP contribution >= 0.6 is 0 Å². The zero-order valence-corrected chi connectivity index (χ0v) is 36.1. The van der Waals surface area contributed by atoms with E-state index in [2.05, 4.69) is 12.7 Å². The van der Waals surface area contributed by atoms with Crippen LogP contribution in [0.4, 0.5) is 0 Å². The molecule has 1 saturated heterocycles. The number of epoxide rings is 1. The maximum absolute atomic E-state index is 13.2. The summed E-state index contributed by atoms with van der Waals surface area (Å²) in [6, 6.07) is 0. The summed E-state index contributed by atoms with van der Waals surface area (Å²) in [5.74, 6) is -1.07. The first-order chi connectivity index (χ1) is 26.5. The van der Waals surface area contributed by atoms with E-state index in [-0.39, 0.29) is 49.4 Å². The summed E-state index contributed by atoms with van der Waals surface area (Å²) in [4.78, 5) is 49.8. The number of hydrogen-bond donors (Lipinski definition) is 2. The summed E-state index contributed by atoms with van der Waals surface area (Å²) in [5, 5.41) is 21.6. The van der Waals surface area contributed by atoms with Crippen LogP contribution in [0.5, 0.6) is 0 Å². The SMILES string of the molecule is CCCCCC(=O)OC\C(C=C=C1C(C)(C)CC(OC(C)=O)CC1(C)O)=C/C=C/C(C)=C/C=C/C=C(C)/C=C/C=C(\C)C(=O)C[C@@]12O[C@@]1(C)C(=O)[C@@H](O)CC2(C)C. The summed E-state index contributed by atoms with van der Waals surface area (Å²) in [5.41, 5.74) is 2.97. The minimum Gasteiger partial charge on any atom is -0.462 e. The molecule has 3 fully saturated rings. The van der Waals surface area contributed by atoms with Crippen LogP contribution in [0.3, 0.4) is 0 Å². The molecule has 0 radical (unpaired) electrons. The van der Waals surface area contributed by atoms with Crippen LogP contribution in [0, 0.1) is 10.8 Å². The lowest BCUT2D eigenvalue weighted by Crippen LogP contribution is -2.54. The van der Waals surface area contributed by atoms with Gasteiger partial charge < -0.3 is 24.4 Å². The van der Waals surface area contributed by atoms with Gasteiger partial charge in [0.15, 0.2) is 17.2 Å². The molecule has 2 aliphatic carbocycles. The standard InChI is InChI=1S/C48H66O9/c1-12-13-14-25-42(52)55-32-37(26-27-41-44(6,7)28-38(56-36(5)49)29-46(41,10)54)24-18-22-34(3)20-16-15-19-33(2)21-17-23-35(4)39(50)31-48-45(8,9)30-40(51)43(53)47(48,11)57-48/h15-24,26,38,40,51,54H,12-14,25,28-32H2,1-11H3/b16-15+,21-17+,22-18+,33-19+,34-20+,35-23+,37-24-/t27?,38?,40-,46?,47-,48-/m0/s1. The van der Waals surface area contributed by atoms with Gasteiger partial charge in [0.25, 0.3) is 0 Å². The van der Waals surface area contributed by atoms with Crippen molar-refractivity contribution in [1.29, 1.82) is 0 Å². The van der Waals surface area contributed by atoms with Crippen molar-refractivity contribution in [3.05, 3.63) is 100 Å². The predicted molar refractivity (Wildman–Crippen MR) is 224 cm³/mol. The molecule has 1 heterocycles. The number of esters is 2. The molecule has 0 aromatic heterocycles. The molecule has 2 saturated carbocycles. The number of aliphatic hydroxyl groups is 2. The lowest BCUT2D eigenvalue weighted by molar-refractivity contribution is -0.152. The van der Waals surface area contributed by atoms with Crippen LogP contribution < -0.4 is 0 Å². The highest BCUT2D eigenvalue weighted by Gasteiger charge is 2.80. The van der Waals surface area contributed by atoms with Gasteiger partial charge in [0.05, 0.1) is 5.60 Å². The third kappa shape index (κ3) is 12.4.